The molecule has 1 N–H and O–H groups in total. The van der Waals surface area contributed by atoms with Crippen molar-refractivity contribution in [1.29, 1.82) is 0 Å². The molecule has 0 aromatic heterocycles. The van der Waals surface area contributed by atoms with Gasteiger partial charge in [0, 0.05) is 12.1 Å². The zero-order valence-corrected chi connectivity index (χ0v) is 14.8. The number of carbonyl (C=O) groups is 1. The van der Waals surface area contributed by atoms with Crippen LogP contribution in [0, 0.1) is 0 Å². The SMILES string of the molecule is CC(C)c1ccc(CNC(=O)c2ccc(C(C)(C)C)cc2)cc1. The van der Waals surface area contributed by atoms with Crippen LogP contribution in [0.15, 0.2) is 48.5 Å². The van der Waals surface area contributed by atoms with Crippen molar-refractivity contribution in [2.45, 2.75) is 52.5 Å². The average molecular weight is 309 g/mol. The van der Waals surface area contributed by atoms with Gasteiger partial charge >= 0.3 is 0 Å². The van der Waals surface area contributed by atoms with Crippen LogP contribution in [0.4, 0.5) is 0 Å². The zero-order valence-electron chi connectivity index (χ0n) is 14.8. The summed E-state index contributed by atoms with van der Waals surface area (Å²) < 4.78 is 0. The largest absolute Gasteiger partial charge is 0.348 e. The Hall–Kier alpha value is -2.09. The minimum absolute atomic E-state index is 0.0293. The topological polar surface area (TPSA) is 29.1 Å². The third-order valence-electron chi connectivity index (χ3n) is 4.11. The van der Waals surface area contributed by atoms with Crippen LogP contribution in [-0.4, -0.2) is 5.91 Å². The van der Waals surface area contributed by atoms with Crippen molar-refractivity contribution in [2.24, 2.45) is 0 Å². The van der Waals surface area contributed by atoms with E-state index in [0.717, 1.165) is 5.56 Å². The Morgan fingerprint density at radius 3 is 2.00 bits per heavy atom. The monoisotopic (exact) mass is 309 g/mol. The molecule has 2 heteroatoms. The van der Waals surface area contributed by atoms with Gasteiger partial charge in [-0.05, 0) is 40.2 Å². The van der Waals surface area contributed by atoms with Gasteiger partial charge in [-0.25, -0.2) is 0 Å². The summed E-state index contributed by atoms with van der Waals surface area (Å²) >= 11 is 0. The van der Waals surface area contributed by atoms with Crippen molar-refractivity contribution < 1.29 is 4.79 Å². The highest BCUT2D eigenvalue weighted by molar-refractivity contribution is 5.94. The molecule has 122 valence electrons. The van der Waals surface area contributed by atoms with Gasteiger partial charge in [-0.3, -0.25) is 4.79 Å². The average Bonchev–Trinajstić information content (AvgIpc) is 2.52. The van der Waals surface area contributed by atoms with E-state index in [9.17, 15) is 4.79 Å². The number of benzene rings is 2. The van der Waals surface area contributed by atoms with Gasteiger partial charge in [-0.2, -0.15) is 0 Å². The van der Waals surface area contributed by atoms with Gasteiger partial charge in [0.2, 0.25) is 0 Å². The van der Waals surface area contributed by atoms with Crippen molar-refractivity contribution in [1.82, 2.24) is 5.32 Å². The smallest absolute Gasteiger partial charge is 0.251 e. The van der Waals surface area contributed by atoms with Gasteiger partial charge in [-0.15, -0.1) is 0 Å². The summed E-state index contributed by atoms with van der Waals surface area (Å²) in [5, 5.41) is 2.98. The molecular formula is C21H27NO. The summed E-state index contributed by atoms with van der Waals surface area (Å²) in [5.74, 6) is 0.498. The molecule has 1 amide bonds. The van der Waals surface area contributed by atoms with E-state index in [1.165, 1.54) is 11.1 Å². The molecule has 23 heavy (non-hydrogen) atoms. The minimum Gasteiger partial charge on any atom is -0.348 e. The third-order valence-corrected chi connectivity index (χ3v) is 4.11. The fourth-order valence-corrected chi connectivity index (χ4v) is 2.43. The molecule has 0 aliphatic heterocycles. The van der Waals surface area contributed by atoms with E-state index in [0.29, 0.717) is 18.0 Å². The third kappa shape index (κ3) is 4.69. The summed E-state index contributed by atoms with van der Waals surface area (Å²) in [5.41, 5.74) is 4.48. The van der Waals surface area contributed by atoms with Crippen LogP contribution in [0.3, 0.4) is 0 Å². The lowest BCUT2D eigenvalue weighted by atomic mass is 9.87. The Morgan fingerprint density at radius 2 is 1.52 bits per heavy atom. The molecule has 0 fully saturated rings. The van der Waals surface area contributed by atoms with Crippen molar-refractivity contribution in [3.05, 3.63) is 70.8 Å². The van der Waals surface area contributed by atoms with Crippen LogP contribution in [0.1, 0.15) is 67.6 Å². The van der Waals surface area contributed by atoms with Crippen LogP contribution in [0.25, 0.3) is 0 Å². The summed E-state index contributed by atoms with van der Waals surface area (Å²) in [6, 6.07) is 16.3. The Morgan fingerprint density at radius 1 is 0.957 bits per heavy atom. The van der Waals surface area contributed by atoms with Crippen LogP contribution in [0.2, 0.25) is 0 Å². The first-order valence-corrected chi connectivity index (χ1v) is 8.25. The molecule has 0 atom stereocenters. The maximum absolute atomic E-state index is 12.2. The number of hydrogen-bond donors (Lipinski definition) is 1. The fraction of sp³-hybridized carbons (Fsp3) is 0.381. The molecular weight excluding hydrogens is 282 g/mol. The molecule has 0 saturated carbocycles. The molecule has 2 rings (SSSR count). The lowest BCUT2D eigenvalue weighted by Crippen LogP contribution is -2.23. The Labute approximate surface area is 139 Å². The number of rotatable bonds is 4. The first kappa shape index (κ1) is 17.3. The molecule has 2 aromatic carbocycles. The maximum atomic E-state index is 12.2. The van der Waals surface area contributed by atoms with Gasteiger partial charge in [-0.1, -0.05) is 71.0 Å². The van der Waals surface area contributed by atoms with Crippen molar-refractivity contribution in [3.8, 4) is 0 Å². The summed E-state index contributed by atoms with van der Waals surface area (Å²) in [7, 11) is 0. The molecule has 0 radical (unpaired) electrons. The van der Waals surface area contributed by atoms with E-state index >= 15 is 0 Å². The van der Waals surface area contributed by atoms with Gasteiger partial charge in [0.25, 0.3) is 5.91 Å². The molecule has 2 nitrogen and oxygen atoms in total. The lowest BCUT2D eigenvalue weighted by Gasteiger charge is -2.19. The maximum Gasteiger partial charge on any atom is 0.251 e. The van der Waals surface area contributed by atoms with Gasteiger partial charge < -0.3 is 5.32 Å². The van der Waals surface area contributed by atoms with E-state index in [1.807, 2.05) is 24.3 Å². The summed E-state index contributed by atoms with van der Waals surface area (Å²) in [6.07, 6.45) is 0. The first-order valence-electron chi connectivity index (χ1n) is 8.25. The van der Waals surface area contributed by atoms with Crippen molar-refractivity contribution in [2.75, 3.05) is 0 Å². The Balaban J connectivity index is 1.96. The van der Waals surface area contributed by atoms with Gasteiger partial charge in [0.05, 0.1) is 0 Å². The number of carbonyl (C=O) groups excluding carboxylic acids is 1. The van der Waals surface area contributed by atoms with E-state index < -0.39 is 0 Å². The summed E-state index contributed by atoms with van der Waals surface area (Å²) in [4.78, 5) is 12.2. The van der Waals surface area contributed by atoms with E-state index in [-0.39, 0.29) is 11.3 Å². The van der Waals surface area contributed by atoms with Crippen LogP contribution in [-0.2, 0) is 12.0 Å². The number of hydrogen-bond acceptors (Lipinski definition) is 1. The van der Waals surface area contributed by atoms with Crippen molar-refractivity contribution in [3.63, 3.8) is 0 Å². The number of amides is 1. The van der Waals surface area contributed by atoms with Gasteiger partial charge in [0.1, 0.15) is 0 Å². The van der Waals surface area contributed by atoms with Crippen LogP contribution in [0.5, 0.6) is 0 Å². The molecule has 0 unspecified atom stereocenters. The van der Waals surface area contributed by atoms with E-state index in [4.69, 9.17) is 0 Å². The molecule has 0 bridgehead atoms. The van der Waals surface area contributed by atoms with E-state index in [2.05, 4.69) is 64.2 Å². The lowest BCUT2D eigenvalue weighted by molar-refractivity contribution is 0.0951. The highest BCUT2D eigenvalue weighted by Crippen LogP contribution is 2.22. The molecule has 0 heterocycles. The Kier molecular flexibility index (Phi) is 5.25. The molecule has 0 saturated heterocycles. The van der Waals surface area contributed by atoms with E-state index in [1.54, 1.807) is 0 Å². The normalized spacial score (nSPS) is 11.6. The van der Waals surface area contributed by atoms with Crippen molar-refractivity contribution >= 4 is 5.91 Å². The highest BCUT2D eigenvalue weighted by atomic mass is 16.1. The minimum atomic E-state index is -0.0293. The molecule has 2 aromatic rings. The molecule has 0 aliphatic carbocycles. The predicted molar refractivity (Wildman–Crippen MR) is 96.8 cm³/mol. The molecule has 0 spiro atoms. The van der Waals surface area contributed by atoms with Crippen LogP contribution < -0.4 is 5.32 Å². The van der Waals surface area contributed by atoms with Crippen LogP contribution >= 0.6 is 0 Å². The second kappa shape index (κ2) is 6.99. The predicted octanol–water partition coefficient (Wildman–Crippen LogP) is 5.04. The Bertz CT molecular complexity index is 646. The first-order chi connectivity index (χ1) is 10.8. The quantitative estimate of drug-likeness (QED) is 0.842. The fourth-order valence-electron chi connectivity index (χ4n) is 2.43. The molecule has 0 aliphatic rings. The summed E-state index contributed by atoms with van der Waals surface area (Å²) in [6.45, 7) is 11.4. The highest BCUT2D eigenvalue weighted by Gasteiger charge is 2.14. The number of nitrogens with one attached hydrogen (secondary N) is 1. The standard InChI is InChI=1S/C21H27NO/c1-15(2)17-8-6-16(7-9-17)14-22-20(23)18-10-12-19(13-11-18)21(3,4)5/h6-13,15H,14H2,1-5H3,(H,22,23). The second-order valence-corrected chi connectivity index (χ2v) is 7.41. The zero-order chi connectivity index (χ0) is 17.0. The van der Waals surface area contributed by atoms with Gasteiger partial charge in [0.15, 0.2) is 0 Å². The second-order valence-electron chi connectivity index (χ2n) is 7.41.